The SMILES string of the molecule is CCn1c(SCC(=O)Nc2cc(Cl)ccc2C)nnc1-c1ccc(O)cc1. The van der Waals surface area contributed by atoms with Crippen LogP contribution in [0, 0.1) is 6.92 Å². The highest BCUT2D eigenvalue weighted by atomic mass is 35.5. The van der Waals surface area contributed by atoms with Crippen LogP contribution in [-0.4, -0.2) is 31.5 Å². The van der Waals surface area contributed by atoms with E-state index in [2.05, 4.69) is 15.5 Å². The van der Waals surface area contributed by atoms with Crippen molar-refractivity contribution in [2.45, 2.75) is 25.5 Å². The van der Waals surface area contributed by atoms with E-state index < -0.39 is 0 Å². The molecule has 1 amide bonds. The summed E-state index contributed by atoms with van der Waals surface area (Å²) >= 11 is 7.31. The fourth-order valence-corrected chi connectivity index (χ4v) is 3.52. The second-order valence-corrected chi connectivity index (χ2v) is 7.27. The van der Waals surface area contributed by atoms with Crippen LogP contribution < -0.4 is 5.32 Å². The predicted octanol–water partition coefficient (Wildman–Crippen LogP) is 4.36. The molecule has 2 N–H and O–H groups in total. The smallest absolute Gasteiger partial charge is 0.234 e. The third-order valence-corrected chi connectivity index (χ3v) is 5.17. The molecule has 0 fully saturated rings. The Morgan fingerprint density at radius 2 is 1.96 bits per heavy atom. The minimum atomic E-state index is -0.137. The monoisotopic (exact) mass is 402 g/mol. The fourth-order valence-electron chi connectivity index (χ4n) is 2.55. The van der Waals surface area contributed by atoms with Crippen molar-refractivity contribution in [3.8, 4) is 17.1 Å². The summed E-state index contributed by atoms with van der Waals surface area (Å²) in [5.41, 5.74) is 2.51. The van der Waals surface area contributed by atoms with Gasteiger partial charge in [0, 0.05) is 22.8 Å². The number of carbonyl (C=O) groups excluding carboxylic acids is 1. The summed E-state index contributed by atoms with van der Waals surface area (Å²) in [6.45, 7) is 4.57. The van der Waals surface area contributed by atoms with Crippen molar-refractivity contribution in [3.05, 3.63) is 53.1 Å². The molecule has 140 valence electrons. The first kappa shape index (κ1) is 19.3. The van der Waals surface area contributed by atoms with E-state index in [1.54, 1.807) is 36.4 Å². The Morgan fingerprint density at radius 1 is 1.22 bits per heavy atom. The number of aromatic nitrogens is 3. The standard InChI is InChI=1S/C19H19ClN4O2S/c1-3-24-18(13-5-8-15(25)9-6-13)22-23-19(24)27-11-17(26)21-16-10-14(20)7-4-12(16)2/h4-10,25H,3,11H2,1-2H3,(H,21,26). The average molecular weight is 403 g/mol. The fraction of sp³-hybridized carbons (Fsp3) is 0.211. The van der Waals surface area contributed by atoms with E-state index in [0.29, 0.717) is 28.2 Å². The van der Waals surface area contributed by atoms with Gasteiger partial charge in [0.25, 0.3) is 0 Å². The number of aromatic hydroxyl groups is 1. The summed E-state index contributed by atoms with van der Waals surface area (Å²) < 4.78 is 1.94. The van der Waals surface area contributed by atoms with E-state index in [1.807, 2.05) is 24.5 Å². The molecule has 0 aliphatic rings. The molecule has 0 bridgehead atoms. The first-order valence-corrected chi connectivity index (χ1v) is 9.75. The van der Waals surface area contributed by atoms with Gasteiger partial charge in [-0.3, -0.25) is 4.79 Å². The van der Waals surface area contributed by atoms with Crippen molar-refractivity contribution in [2.24, 2.45) is 0 Å². The minimum absolute atomic E-state index is 0.137. The van der Waals surface area contributed by atoms with Crippen LogP contribution in [0.5, 0.6) is 5.75 Å². The topological polar surface area (TPSA) is 80.0 Å². The van der Waals surface area contributed by atoms with Crippen LogP contribution in [0.3, 0.4) is 0 Å². The minimum Gasteiger partial charge on any atom is -0.508 e. The second kappa shape index (κ2) is 8.45. The van der Waals surface area contributed by atoms with Gasteiger partial charge in [-0.2, -0.15) is 0 Å². The number of halogens is 1. The van der Waals surface area contributed by atoms with E-state index in [9.17, 15) is 9.90 Å². The number of hydrogen-bond donors (Lipinski definition) is 2. The maximum absolute atomic E-state index is 12.3. The lowest BCUT2D eigenvalue weighted by atomic mass is 10.2. The van der Waals surface area contributed by atoms with Gasteiger partial charge in [0.2, 0.25) is 5.91 Å². The zero-order valence-electron chi connectivity index (χ0n) is 14.9. The quantitative estimate of drug-likeness (QED) is 0.598. The van der Waals surface area contributed by atoms with Crippen molar-refractivity contribution >= 4 is 35.0 Å². The number of benzene rings is 2. The number of phenolic OH excluding ortho intramolecular Hbond substituents is 1. The third kappa shape index (κ3) is 4.61. The molecular formula is C19H19ClN4O2S. The number of aryl methyl sites for hydroxylation is 1. The molecule has 1 aromatic heterocycles. The van der Waals surface area contributed by atoms with Crippen LogP contribution in [0.4, 0.5) is 5.69 Å². The Bertz CT molecular complexity index is 957. The highest BCUT2D eigenvalue weighted by molar-refractivity contribution is 7.99. The number of amides is 1. The normalized spacial score (nSPS) is 10.8. The van der Waals surface area contributed by atoms with Crippen molar-refractivity contribution < 1.29 is 9.90 Å². The molecule has 0 atom stereocenters. The first-order valence-electron chi connectivity index (χ1n) is 8.39. The summed E-state index contributed by atoms with van der Waals surface area (Å²) in [6.07, 6.45) is 0. The lowest BCUT2D eigenvalue weighted by Crippen LogP contribution is -2.15. The van der Waals surface area contributed by atoms with Crippen molar-refractivity contribution in [2.75, 3.05) is 11.1 Å². The summed E-state index contributed by atoms with van der Waals surface area (Å²) in [6, 6.07) is 12.2. The predicted molar refractivity (Wildman–Crippen MR) is 108 cm³/mol. The van der Waals surface area contributed by atoms with Gasteiger partial charge in [-0.05, 0) is 55.8 Å². The number of phenols is 1. The second-order valence-electron chi connectivity index (χ2n) is 5.89. The van der Waals surface area contributed by atoms with E-state index in [4.69, 9.17) is 11.6 Å². The Morgan fingerprint density at radius 3 is 2.67 bits per heavy atom. The molecule has 1 heterocycles. The van der Waals surface area contributed by atoms with Crippen LogP contribution in [0.1, 0.15) is 12.5 Å². The van der Waals surface area contributed by atoms with Crippen LogP contribution in [0.2, 0.25) is 5.02 Å². The van der Waals surface area contributed by atoms with E-state index >= 15 is 0 Å². The van der Waals surface area contributed by atoms with Crippen LogP contribution >= 0.6 is 23.4 Å². The lowest BCUT2D eigenvalue weighted by Gasteiger charge is -2.09. The maximum atomic E-state index is 12.3. The average Bonchev–Trinajstić information content (AvgIpc) is 3.06. The third-order valence-electron chi connectivity index (χ3n) is 3.96. The van der Waals surface area contributed by atoms with Crippen LogP contribution in [-0.2, 0) is 11.3 Å². The van der Waals surface area contributed by atoms with E-state index in [0.717, 1.165) is 11.1 Å². The molecule has 3 rings (SSSR count). The van der Waals surface area contributed by atoms with Gasteiger partial charge in [-0.15, -0.1) is 10.2 Å². The molecule has 0 aliphatic carbocycles. The van der Waals surface area contributed by atoms with Gasteiger partial charge < -0.3 is 15.0 Å². The van der Waals surface area contributed by atoms with Crippen molar-refractivity contribution in [1.82, 2.24) is 14.8 Å². The van der Waals surface area contributed by atoms with E-state index in [-0.39, 0.29) is 17.4 Å². The van der Waals surface area contributed by atoms with Gasteiger partial charge in [-0.1, -0.05) is 29.4 Å². The Balaban J connectivity index is 1.70. The number of rotatable bonds is 6. The molecule has 2 aromatic carbocycles. The van der Waals surface area contributed by atoms with Crippen LogP contribution in [0.15, 0.2) is 47.6 Å². The van der Waals surface area contributed by atoms with Crippen molar-refractivity contribution in [1.29, 1.82) is 0 Å². The van der Waals surface area contributed by atoms with Gasteiger partial charge >= 0.3 is 0 Å². The first-order chi connectivity index (χ1) is 13.0. The number of nitrogens with zero attached hydrogens (tertiary/aromatic N) is 3. The molecular weight excluding hydrogens is 384 g/mol. The highest BCUT2D eigenvalue weighted by Crippen LogP contribution is 2.26. The number of nitrogens with one attached hydrogen (secondary N) is 1. The van der Waals surface area contributed by atoms with Gasteiger partial charge in [-0.25, -0.2) is 0 Å². The molecule has 3 aromatic rings. The van der Waals surface area contributed by atoms with Crippen LogP contribution in [0.25, 0.3) is 11.4 Å². The molecule has 8 heteroatoms. The Hall–Kier alpha value is -2.51. The Kier molecular flexibility index (Phi) is 6.03. The maximum Gasteiger partial charge on any atom is 0.234 e. The zero-order valence-corrected chi connectivity index (χ0v) is 16.5. The van der Waals surface area contributed by atoms with Gasteiger partial charge in [0.15, 0.2) is 11.0 Å². The molecule has 0 saturated carbocycles. The molecule has 0 radical (unpaired) electrons. The molecule has 6 nitrogen and oxygen atoms in total. The Labute approximate surface area is 166 Å². The molecule has 0 aliphatic heterocycles. The molecule has 0 saturated heterocycles. The summed E-state index contributed by atoms with van der Waals surface area (Å²) in [5.74, 6) is 0.969. The summed E-state index contributed by atoms with van der Waals surface area (Å²) in [5, 5.41) is 22.0. The summed E-state index contributed by atoms with van der Waals surface area (Å²) in [4.78, 5) is 12.3. The zero-order chi connectivity index (χ0) is 19.4. The summed E-state index contributed by atoms with van der Waals surface area (Å²) in [7, 11) is 0. The molecule has 27 heavy (non-hydrogen) atoms. The van der Waals surface area contributed by atoms with Crippen molar-refractivity contribution in [3.63, 3.8) is 0 Å². The molecule has 0 unspecified atom stereocenters. The number of carbonyl (C=O) groups is 1. The van der Waals surface area contributed by atoms with E-state index in [1.165, 1.54) is 11.8 Å². The van der Waals surface area contributed by atoms with Gasteiger partial charge in [0.1, 0.15) is 5.75 Å². The number of hydrogen-bond acceptors (Lipinski definition) is 5. The van der Waals surface area contributed by atoms with Gasteiger partial charge in [0.05, 0.1) is 5.75 Å². The molecule has 0 spiro atoms. The highest BCUT2D eigenvalue weighted by Gasteiger charge is 2.15. The largest absolute Gasteiger partial charge is 0.508 e. The lowest BCUT2D eigenvalue weighted by molar-refractivity contribution is -0.113. The number of thioether (sulfide) groups is 1. The number of anilines is 1.